The molecule has 1 aliphatic heterocycles. The van der Waals surface area contributed by atoms with Gasteiger partial charge in [-0.3, -0.25) is 4.79 Å². The van der Waals surface area contributed by atoms with E-state index < -0.39 is 0 Å². The first-order valence-electron chi connectivity index (χ1n) is 6.24. The molecule has 1 heterocycles. The summed E-state index contributed by atoms with van der Waals surface area (Å²) in [6, 6.07) is 5.82. The number of rotatable bonds is 3. The van der Waals surface area contributed by atoms with E-state index in [-0.39, 0.29) is 11.8 Å². The average molecular weight is 265 g/mol. The zero-order valence-electron chi connectivity index (χ0n) is 10.9. The van der Waals surface area contributed by atoms with E-state index in [9.17, 15) is 4.79 Å². The van der Waals surface area contributed by atoms with Gasteiger partial charge in [-0.25, -0.2) is 0 Å². The van der Waals surface area contributed by atoms with Crippen LogP contribution in [0.25, 0.3) is 0 Å². The van der Waals surface area contributed by atoms with Crippen LogP contribution in [-0.2, 0) is 4.79 Å². The van der Waals surface area contributed by atoms with E-state index in [4.69, 9.17) is 4.74 Å². The van der Waals surface area contributed by atoms with Gasteiger partial charge in [0.05, 0.1) is 12.8 Å². The molecule has 0 saturated carbocycles. The highest BCUT2D eigenvalue weighted by Crippen LogP contribution is 2.28. The lowest BCUT2D eigenvalue weighted by Gasteiger charge is -2.21. The minimum atomic E-state index is 0.124. The lowest BCUT2D eigenvalue weighted by molar-refractivity contribution is -0.120. The Hall–Kier alpha value is -1.16. The largest absolute Gasteiger partial charge is 0.495 e. The summed E-state index contributed by atoms with van der Waals surface area (Å²) >= 11 is 1.93. The number of hydrogen-bond acceptors (Lipinski definition) is 3. The molecule has 1 aliphatic rings. The highest BCUT2D eigenvalue weighted by Gasteiger charge is 2.22. The molecule has 0 atom stereocenters. The van der Waals surface area contributed by atoms with E-state index in [1.807, 2.05) is 36.9 Å². The van der Waals surface area contributed by atoms with Crippen molar-refractivity contribution in [2.45, 2.75) is 19.8 Å². The molecular weight excluding hydrogens is 246 g/mol. The van der Waals surface area contributed by atoms with Gasteiger partial charge in [-0.15, -0.1) is 0 Å². The van der Waals surface area contributed by atoms with Gasteiger partial charge in [-0.05, 0) is 49.0 Å². The van der Waals surface area contributed by atoms with Gasteiger partial charge in [0.1, 0.15) is 5.75 Å². The summed E-state index contributed by atoms with van der Waals surface area (Å²) in [7, 11) is 1.62. The van der Waals surface area contributed by atoms with E-state index in [1.54, 1.807) is 7.11 Å². The maximum atomic E-state index is 12.2. The number of thioether (sulfide) groups is 1. The highest BCUT2D eigenvalue weighted by molar-refractivity contribution is 7.99. The monoisotopic (exact) mass is 265 g/mol. The standard InChI is InChI=1S/C14H19NO2S/c1-10-3-4-13(17-2)12(9-10)15-14(16)11-5-7-18-8-6-11/h3-4,9,11H,5-8H2,1-2H3,(H,15,16). The second-order valence-electron chi connectivity index (χ2n) is 4.58. The van der Waals surface area contributed by atoms with Gasteiger partial charge in [-0.2, -0.15) is 11.8 Å². The van der Waals surface area contributed by atoms with Gasteiger partial charge >= 0.3 is 0 Å². The van der Waals surface area contributed by atoms with Crippen molar-refractivity contribution in [1.82, 2.24) is 0 Å². The summed E-state index contributed by atoms with van der Waals surface area (Å²) in [6.45, 7) is 2.01. The second-order valence-corrected chi connectivity index (χ2v) is 5.80. The van der Waals surface area contributed by atoms with Gasteiger partial charge in [0.25, 0.3) is 0 Å². The molecule has 1 aromatic carbocycles. The van der Waals surface area contributed by atoms with E-state index in [2.05, 4.69) is 5.32 Å². The summed E-state index contributed by atoms with van der Waals surface area (Å²) < 4.78 is 5.27. The molecule has 1 amide bonds. The van der Waals surface area contributed by atoms with Crippen LogP contribution in [0.4, 0.5) is 5.69 Å². The number of methoxy groups -OCH3 is 1. The number of carbonyl (C=O) groups is 1. The number of nitrogens with one attached hydrogen (secondary N) is 1. The van der Waals surface area contributed by atoms with Crippen molar-refractivity contribution < 1.29 is 9.53 Å². The molecule has 0 aromatic heterocycles. The lowest BCUT2D eigenvalue weighted by atomic mass is 10.0. The van der Waals surface area contributed by atoms with Crippen LogP contribution in [0.3, 0.4) is 0 Å². The summed E-state index contributed by atoms with van der Waals surface area (Å²) in [5, 5.41) is 3.00. The molecule has 0 bridgehead atoms. The number of anilines is 1. The predicted molar refractivity (Wildman–Crippen MR) is 76.4 cm³/mol. The summed E-state index contributed by atoms with van der Waals surface area (Å²) in [4.78, 5) is 12.2. The normalized spacial score (nSPS) is 16.3. The molecule has 1 saturated heterocycles. The van der Waals surface area contributed by atoms with E-state index in [0.717, 1.165) is 41.3 Å². The van der Waals surface area contributed by atoms with E-state index in [0.29, 0.717) is 0 Å². The van der Waals surface area contributed by atoms with Crippen molar-refractivity contribution in [2.75, 3.05) is 23.9 Å². The van der Waals surface area contributed by atoms with Crippen molar-refractivity contribution >= 4 is 23.4 Å². The van der Waals surface area contributed by atoms with Gasteiger partial charge in [0, 0.05) is 5.92 Å². The molecule has 0 radical (unpaired) electrons. The molecule has 0 aliphatic carbocycles. The number of hydrogen-bond donors (Lipinski definition) is 1. The Morgan fingerprint density at radius 3 is 2.78 bits per heavy atom. The van der Waals surface area contributed by atoms with Crippen molar-refractivity contribution in [2.24, 2.45) is 5.92 Å². The third-order valence-corrected chi connectivity index (χ3v) is 4.25. The molecule has 4 heteroatoms. The maximum Gasteiger partial charge on any atom is 0.227 e. The van der Waals surface area contributed by atoms with Crippen molar-refractivity contribution in [3.05, 3.63) is 23.8 Å². The first-order valence-corrected chi connectivity index (χ1v) is 7.39. The van der Waals surface area contributed by atoms with Crippen molar-refractivity contribution in [3.8, 4) is 5.75 Å². The molecule has 0 unspecified atom stereocenters. The van der Waals surface area contributed by atoms with Crippen LogP contribution in [-0.4, -0.2) is 24.5 Å². The second kappa shape index (κ2) is 6.14. The van der Waals surface area contributed by atoms with Crippen LogP contribution in [0.15, 0.2) is 18.2 Å². The topological polar surface area (TPSA) is 38.3 Å². The third kappa shape index (κ3) is 3.19. The first kappa shape index (κ1) is 13.3. The predicted octanol–water partition coefficient (Wildman–Crippen LogP) is 3.09. The first-order chi connectivity index (χ1) is 8.70. The van der Waals surface area contributed by atoms with E-state index >= 15 is 0 Å². The molecule has 3 nitrogen and oxygen atoms in total. The van der Waals surface area contributed by atoms with Gasteiger partial charge in [-0.1, -0.05) is 6.07 Å². The van der Waals surface area contributed by atoms with Crippen LogP contribution < -0.4 is 10.1 Å². The quantitative estimate of drug-likeness (QED) is 0.912. The molecule has 1 aromatic rings. The van der Waals surface area contributed by atoms with Crippen LogP contribution in [0.5, 0.6) is 5.75 Å². The Kier molecular flexibility index (Phi) is 4.53. The number of carbonyl (C=O) groups excluding carboxylic acids is 1. The molecule has 2 rings (SSSR count). The zero-order valence-corrected chi connectivity index (χ0v) is 11.7. The number of ether oxygens (including phenoxy) is 1. The summed E-state index contributed by atoms with van der Waals surface area (Å²) in [6.07, 6.45) is 1.95. The Balaban J connectivity index is 2.07. The molecule has 1 fully saturated rings. The summed E-state index contributed by atoms with van der Waals surface area (Å²) in [5.41, 5.74) is 1.89. The smallest absolute Gasteiger partial charge is 0.227 e. The molecule has 18 heavy (non-hydrogen) atoms. The van der Waals surface area contributed by atoms with Gasteiger partial charge < -0.3 is 10.1 Å². The molecule has 1 N–H and O–H groups in total. The van der Waals surface area contributed by atoms with Gasteiger partial charge in [0.2, 0.25) is 5.91 Å². The minimum absolute atomic E-state index is 0.124. The fourth-order valence-electron chi connectivity index (χ4n) is 2.11. The zero-order chi connectivity index (χ0) is 13.0. The number of aryl methyl sites for hydroxylation is 1. The minimum Gasteiger partial charge on any atom is -0.495 e. The SMILES string of the molecule is COc1ccc(C)cc1NC(=O)C1CCSCC1. The summed E-state index contributed by atoms with van der Waals surface area (Å²) in [5.74, 6) is 3.17. The van der Waals surface area contributed by atoms with Crippen molar-refractivity contribution in [1.29, 1.82) is 0 Å². The Bertz CT molecular complexity index is 428. The van der Waals surface area contributed by atoms with Crippen LogP contribution in [0, 0.1) is 12.8 Å². The maximum absolute atomic E-state index is 12.2. The Morgan fingerprint density at radius 2 is 2.11 bits per heavy atom. The van der Waals surface area contributed by atoms with Crippen LogP contribution in [0.1, 0.15) is 18.4 Å². The van der Waals surface area contributed by atoms with Crippen LogP contribution >= 0.6 is 11.8 Å². The van der Waals surface area contributed by atoms with E-state index in [1.165, 1.54) is 0 Å². The fraction of sp³-hybridized carbons (Fsp3) is 0.500. The van der Waals surface area contributed by atoms with Crippen molar-refractivity contribution in [3.63, 3.8) is 0 Å². The molecular formula is C14H19NO2S. The number of benzene rings is 1. The number of amides is 1. The molecule has 0 spiro atoms. The third-order valence-electron chi connectivity index (χ3n) is 3.20. The fourth-order valence-corrected chi connectivity index (χ4v) is 3.22. The Morgan fingerprint density at radius 1 is 1.39 bits per heavy atom. The van der Waals surface area contributed by atoms with Crippen LogP contribution in [0.2, 0.25) is 0 Å². The van der Waals surface area contributed by atoms with Gasteiger partial charge in [0.15, 0.2) is 0 Å². The highest BCUT2D eigenvalue weighted by atomic mass is 32.2. The lowest BCUT2D eigenvalue weighted by Crippen LogP contribution is -2.26. The molecule has 98 valence electrons. The average Bonchev–Trinajstić information content (AvgIpc) is 2.40. The Labute approximate surface area is 112 Å².